The maximum Gasteiger partial charge on any atom is 0.272 e. The Morgan fingerprint density at radius 1 is 0.962 bits per heavy atom. The smallest absolute Gasteiger partial charge is 0.272 e. The summed E-state index contributed by atoms with van der Waals surface area (Å²) in [6.07, 6.45) is 4.47. The maximum absolute atomic E-state index is 12.9. The lowest BCUT2D eigenvalue weighted by molar-refractivity contribution is 0.0728. The molecular formula is C19H21N5O2. The molecule has 0 bridgehead atoms. The summed E-state index contributed by atoms with van der Waals surface area (Å²) < 4.78 is 0. The molecule has 4 rings (SSSR count). The second-order valence-electron chi connectivity index (χ2n) is 6.72. The predicted octanol–water partition coefficient (Wildman–Crippen LogP) is 1.49. The summed E-state index contributed by atoms with van der Waals surface area (Å²) in [6, 6.07) is 6.99. The fraction of sp³-hybridized carbons (Fsp3) is 0.368. The fourth-order valence-corrected chi connectivity index (χ4v) is 3.58. The first kappa shape index (κ1) is 16.5. The summed E-state index contributed by atoms with van der Waals surface area (Å²) in [5, 5.41) is 0. The van der Waals surface area contributed by atoms with Crippen LogP contribution in [-0.4, -0.2) is 51.2 Å². The van der Waals surface area contributed by atoms with Crippen molar-refractivity contribution in [2.24, 2.45) is 0 Å². The molecule has 7 heteroatoms. The van der Waals surface area contributed by atoms with E-state index >= 15 is 0 Å². The van der Waals surface area contributed by atoms with Gasteiger partial charge in [0.1, 0.15) is 17.2 Å². The summed E-state index contributed by atoms with van der Waals surface area (Å²) >= 11 is 0. The van der Waals surface area contributed by atoms with Crippen LogP contribution in [0.25, 0.3) is 0 Å². The molecule has 0 aromatic carbocycles. The Morgan fingerprint density at radius 3 is 2.38 bits per heavy atom. The van der Waals surface area contributed by atoms with Gasteiger partial charge in [-0.25, -0.2) is 9.97 Å². The van der Waals surface area contributed by atoms with Gasteiger partial charge in [0, 0.05) is 37.9 Å². The molecule has 26 heavy (non-hydrogen) atoms. The number of fused-ring (bicyclic) bond motifs is 1. The van der Waals surface area contributed by atoms with E-state index in [9.17, 15) is 9.59 Å². The molecule has 0 radical (unpaired) electrons. The Hall–Kier alpha value is -2.96. The van der Waals surface area contributed by atoms with Crippen LogP contribution in [0.4, 0.5) is 5.82 Å². The van der Waals surface area contributed by atoms with E-state index in [1.165, 1.54) is 0 Å². The molecule has 1 fully saturated rings. The van der Waals surface area contributed by atoms with Crippen molar-refractivity contribution in [2.75, 3.05) is 25.4 Å². The van der Waals surface area contributed by atoms with E-state index in [1.54, 1.807) is 34.2 Å². The largest absolute Gasteiger partial charge is 0.383 e. The third-order valence-electron chi connectivity index (χ3n) is 5.05. The molecule has 134 valence electrons. The highest BCUT2D eigenvalue weighted by Gasteiger charge is 2.26. The molecule has 2 N–H and O–H groups in total. The van der Waals surface area contributed by atoms with Gasteiger partial charge in [0.15, 0.2) is 0 Å². The van der Waals surface area contributed by atoms with Crippen LogP contribution in [0.5, 0.6) is 0 Å². The van der Waals surface area contributed by atoms with Gasteiger partial charge in [0.2, 0.25) is 0 Å². The topological polar surface area (TPSA) is 92.4 Å². The first-order chi connectivity index (χ1) is 12.6. The minimum absolute atomic E-state index is 0.102. The number of hydrogen-bond acceptors (Lipinski definition) is 5. The summed E-state index contributed by atoms with van der Waals surface area (Å²) in [5.41, 5.74) is 8.62. The number of amides is 2. The molecular weight excluding hydrogens is 330 g/mol. The van der Waals surface area contributed by atoms with Crippen LogP contribution in [0.3, 0.4) is 0 Å². The SMILES string of the molecule is Nc1nccc2c1CN(C(=O)c1cccc(C(=O)N3CCCC3)n1)CC2. The van der Waals surface area contributed by atoms with Crippen LogP contribution in [0.15, 0.2) is 30.5 Å². The van der Waals surface area contributed by atoms with Gasteiger partial charge in [-0.05, 0) is 43.0 Å². The number of likely N-dealkylation sites (tertiary alicyclic amines) is 1. The molecule has 0 atom stereocenters. The van der Waals surface area contributed by atoms with Crippen molar-refractivity contribution in [1.29, 1.82) is 0 Å². The first-order valence-corrected chi connectivity index (χ1v) is 8.91. The molecule has 4 heterocycles. The minimum Gasteiger partial charge on any atom is -0.383 e. The summed E-state index contributed by atoms with van der Waals surface area (Å²) in [4.78, 5) is 37.4. The lowest BCUT2D eigenvalue weighted by atomic mass is 10.0. The summed E-state index contributed by atoms with van der Waals surface area (Å²) in [6.45, 7) is 2.53. The van der Waals surface area contributed by atoms with Crippen LogP contribution in [0.2, 0.25) is 0 Å². The predicted molar refractivity (Wildman–Crippen MR) is 96.5 cm³/mol. The molecule has 2 amide bonds. The highest BCUT2D eigenvalue weighted by Crippen LogP contribution is 2.23. The number of nitrogens with zero attached hydrogens (tertiary/aromatic N) is 4. The van der Waals surface area contributed by atoms with Gasteiger partial charge in [-0.15, -0.1) is 0 Å². The Labute approximate surface area is 151 Å². The van der Waals surface area contributed by atoms with Gasteiger partial charge < -0.3 is 15.5 Å². The second kappa shape index (κ2) is 6.74. The number of aromatic nitrogens is 2. The number of carbonyl (C=O) groups excluding carboxylic acids is 2. The molecule has 2 aliphatic rings. The number of pyridine rings is 2. The van der Waals surface area contributed by atoms with Gasteiger partial charge in [-0.3, -0.25) is 9.59 Å². The van der Waals surface area contributed by atoms with Crippen molar-refractivity contribution in [1.82, 2.24) is 19.8 Å². The highest BCUT2D eigenvalue weighted by atomic mass is 16.2. The van der Waals surface area contributed by atoms with E-state index in [0.29, 0.717) is 30.3 Å². The van der Waals surface area contributed by atoms with Crippen molar-refractivity contribution in [2.45, 2.75) is 25.8 Å². The van der Waals surface area contributed by atoms with Crippen LogP contribution >= 0.6 is 0 Å². The Morgan fingerprint density at radius 2 is 1.65 bits per heavy atom. The van der Waals surface area contributed by atoms with Gasteiger partial charge in [0.05, 0.1) is 0 Å². The lowest BCUT2D eigenvalue weighted by Crippen LogP contribution is -2.37. The molecule has 1 saturated heterocycles. The molecule has 0 unspecified atom stereocenters. The molecule has 2 aromatic rings. The average molecular weight is 351 g/mol. The van der Waals surface area contributed by atoms with E-state index in [0.717, 1.165) is 43.5 Å². The number of nitrogen functional groups attached to an aromatic ring is 1. The number of hydrogen-bond donors (Lipinski definition) is 1. The monoisotopic (exact) mass is 351 g/mol. The zero-order chi connectivity index (χ0) is 18.1. The van der Waals surface area contributed by atoms with Crippen LogP contribution in [-0.2, 0) is 13.0 Å². The second-order valence-corrected chi connectivity index (χ2v) is 6.72. The van der Waals surface area contributed by atoms with Gasteiger partial charge >= 0.3 is 0 Å². The lowest BCUT2D eigenvalue weighted by Gasteiger charge is -2.29. The van der Waals surface area contributed by atoms with Crippen molar-refractivity contribution >= 4 is 17.6 Å². The van der Waals surface area contributed by atoms with E-state index in [2.05, 4.69) is 9.97 Å². The number of rotatable bonds is 2. The maximum atomic E-state index is 12.9. The Bertz CT molecular complexity index is 861. The molecule has 0 aliphatic carbocycles. The quantitative estimate of drug-likeness (QED) is 0.885. The van der Waals surface area contributed by atoms with E-state index < -0.39 is 0 Å². The van der Waals surface area contributed by atoms with Crippen LogP contribution in [0.1, 0.15) is 44.9 Å². The van der Waals surface area contributed by atoms with E-state index in [4.69, 9.17) is 5.73 Å². The minimum atomic E-state index is -0.185. The third-order valence-corrected chi connectivity index (χ3v) is 5.05. The van der Waals surface area contributed by atoms with Gasteiger partial charge in [0.25, 0.3) is 11.8 Å². The van der Waals surface area contributed by atoms with Crippen molar-refractivity contribution in [3.05, 3.63) is 53.0 Å². The molecule has 7 nitrogen and oxygen atoms in total. The zero-order valence-corrected chi connectivity index (χ0v) is 14.5. The standard InChI is InChI=1S/C19H21N5O2/c20-17-14-12-24(11-7-13(14)6-8-21-17)19(26)16-5-3-4-15(22-16)18(25)23-9-1-2-10-23/h3-6,8H,1-2,7,9-12H2,(H2,20,21). The third kappa shape index (κ3) is 3.00. The Kier molecular flexibility index (Phi) is 4.28. The van der Waals surface area contributed by atoms with Gasteiger partial charge in [-0.1, -0.05) is 6.07 Å². The molecule has 0 saturated carbocycles. The first-order valence-electron chi connectivity index (χ1n) is 8.91. The zero-order valence-electron chi connectivity index (χ0n) is 14.5. The molecule has 0 spiro atoms. The van der Waals surface area contributed by atoms with Crippen LogP contribution in [0, 0.1) is 0 Å². The van der Waals surface area contributed by atoms with Gasteiger partial charge in [-0.2, -0.15) is 0 Å². The van der Waals surface area contributed by atoms with Crippen LogP contribution < -0.4 is 5.73 Å². The van der Waals surface area contributed by atoms with Crippen molar-refractivity contribution in [3.8, 4) is 0 Å². The summed E-state index contributed by atoms with van der Waals surface area (Å²) in [5.74, 6) is 0.176. The number of carbonyl (C=O) groups is 2. The number of nitrogens with two attached hydrogens (primary N) is 1. The van der Waals surface area contributed by atoms with E-state index in [1.807, 2.05) is 6.07 Å². The summed E-state index contributed by atoms with van der Waals surface area (Å²) in [7, 11) is 0. The van der Waals surface area contributed by atoms with Crippen molar-refractivity contribution in [3.63, 3.8) is 0 Å². The average Bonchev–Trinajstić information content (AvgIpc) is 3.22. The molecule has 2 aromatic heterocycles. The molecule has 2 aliphatic heterocycles. The number of anilines is 1. The highest BCUT2D eigenvalue weighted by molar-refractivity contribution is 5.96. The van der Waals surface area contributed by atoms with E-state index in [-0.39, 0.29) is 11.8 Å². The Balaban J connectivity index is 1.54. The normalized spacial score (nSPS) is 16.5. The fourth-order valence-electron chi connectivity index (χ4n) is 3.58. The van der Waals surface area contributed by atoms with Crippen molar-refractivity contribution < 1.29 is 9.59 Å².